The molecule has 0 fully saturated rings. The Bertz CT molecular complexity index is 757. The fraction of sp³-hybridized carbons (Fsp3) is 0.375. The van der Waals surface area contributed by atoms with Crippen LogP contribution in [0, 0.1) is 11.6 Å². The van der Waals surface area contributed by atoms with Crippen molar-refractivity contribution in [3.05, 3.63) is 51.5 Å². The van der Waals surface area contributed by atoms with Crippen LogP contribution in [0.5, 0.6) is 0 Å². The van der Waals surface area contributed by atoms with Gasteiger partial charge in [0.2, 0.25) is 0 Å². The molecule has 0 aliphatic rings. The van der Waals surface area contributed by atoms with Crippen LogP contribution < -0.4 is 10.6 Å². The number of hydrogen-bond acceptors (Lipinski definition) is 3. The van der Waals surface area contributed by atoms with Gasteiger partial charge in [0, 0.05) is 31.9 Å². The number of nitrogens with one attached hydrogen (secondary N) is 2. The second kappa shape index (κ2) is 8.93. The molecule has 2 N–H and O–H groups in total. The minimum atomic E-state index is -4.44. The third-order valence-corrected chi connectivity index (χ3v) is 4.32. The average Bonchev–Trinajstić information content (AvgIpc) is 3.06. The zero-order valence-corrected chi connectivity index (χ0v) is 14.6. The summed E-state index contributed by atoms with van der Waals surface area (Å²) in [5.41, 5.74) is -0.646. The SMILES string of the molecule is CN=C(NCCc1nc(C(F)(F)F)cs1)NCCc1cccc(F)c1F. The summed E-state index contributed by atoms with van der Waals surface area (Å²) < 4.78 is 64.1. The molecule has 10 heteroatoms. The van der Waals surface area contributed by atoms with Gasteiger partial charge >= 0.3 is 6.18 Å². The lowest BCUT2D eigenvalue weighted by Crippen LogP contribution is -2.39. The second-order valence-electron chi connectivity index (χ2n) is 5.26. The Morgan fingerprint density at radius 1 is 1.15 bits per heavy atom. The fourth-order valence-corrected chi connectivity index (χ4v) is 2.93. The van der Waals surface area contributed by atoms with E-state index in [4.69, 9.17) is 0 Å². The number of alkyl halides is 3. The first-order valence-electron chi connectivity index (χ1n) is 7.70. The predicted octanol–water partition coefficient (Wildman–Crippen LogP) is 3.39. The molecule has 1 heterocycles. The molecule has 2 rings (SSSR count). The number of rotatable bonds is 6. The van der Waals surface area contributed by atoms with E-state index in [0.717, 1.165) is 22.8 Å². The first-order valence-corrected chi connectivity index (χ1v) is 8.58. The summed E-state index contributed by atoms with van der Waals surface area (Å²) >= 11 is 0.945. The lowest BCUT2D eigenvalue weighted by atomic mass is 10.1. The topological polar surface area (TPSA) is 49.3 Å². The van der Waals surface area contributed by atoms with Crippen molar-refractivity contribution in [2.75, 3.05) is 20.1 Å². The van der Waals surface area contributed by atoms with Gasteiger partial charge in [-0.05, 0) is 18.1 Å². The van der Waals surface area contributed by atoms with Gasteiger partial charge in [-0.2, -0.15) is 13.2 Å². The number of thiazole rings is 1. The Hall–Kier alpha value is -2.23. The van der Waals surface area contributed by atoms with Crippen molar-refractivity contribution in [3.8, 4) is 0 Å². The molecule has 0 atom stereocenters. The van der Waals surface area contributed by atoms with Crippen LogP contribution in [0.15, 0.2) is 28.6 Å². The van der Waals surface area contributed by atoms with Crippen LogP contribution in [0.1, 0.15) is 16.3 Å². The van der Waals surface area contributed by atoms with Crippen molar-refractivity contribution >= 4 is 17.3 Å². The highest BCUT2D eigenvalue weighted by atomic mass is 32.1. The van der Waals surface area contributed by atoms with E-state index in [1.807, 2.05) is 0 Å². The molecule has 4 nitrogen and oxygen atoms in total. The van der Waals surface area contributed by atoms with Crippen LogP contribution in [0.25, 0.3) is 0 Å². The maximum absolute atomic E-state index is 13.5. The van der Waals surface area contributed by atoms with Crippen LogP contribution >= 0.6 is 11.3 Å². The van der Waals surface area contributed by atoms with E-state index in [0.29, 0.717) is 30.5 Å². The van der Waals surface area contributed by atoms with Gasteiger partial charge in [-0.3, -0.25) is 4.99 Å². The molecule has 0 saturated carbocycles. The van der Waals surface area contributed by atoms with Gasteiger partial charge in [0.15, 0.2) is 23.3 Å². The first-order chi connectivity index (χ1) is 12.3. The highest BCUT2D eigenvalue weighted by molar-refractivity contribution is 7.09. The number of hydrogen-bond donors (Lipinski definition) is 2. The molecule has 0 amide bonds. The molecule has 0 unspecified atom stereocenters. The van der Waals surface area contributed by atoms with Crippen molar-refractivity contribution in [2.24, 2.45) is 4.99 Å². The molecule has 1 aromatic carbocycles. The summed E-state index contributed by atoms with van der Waals surface area (Å²) in [6.07, 6.45) is -3.88. The summed E-state index contributed by atoms with van der Waals surface area (Å²) in [4.78, 5) is 7.50. The van der Waals surface area contributed by atoms with Crippen molar-refractivity contribution in [2.45, 2.75) is 19.0 Å². The second-order valence-corrected chi connectivity index (χ2v) is 6.21. The zero-order chi connectivity index (χ0) is 19.2. The van der Waals surface area contributed by atoms with Crippen LogP contribution in [-0.4, -0.2) is 31.1 Å². The van der Waals surface area contributed by atoms with Gasteiger partial charge in [0.1, 0.15) is 0 Å². The third kappa shape index (κ3) is 5.65. The zero-order valence-electron chi connectivity index (χ0n) is 13.8. The summed E-state index contributed by atoms with van der Waals surface area (Å²) in [6, 6.07) is 3.98. The van der Waals surface area contributed by atoms with E-state index in [-0.39, 0.29) is 12.0 Å². The minimum Gasteiger partial charge on any atom is -0.356 e. The van der Waals surface area contributed by atoms with Crippen LogP contribution in [0.4, 0.5) is 22.0 Å². The molecule has 2 aromatic rings. The molecular weight excluding hydrogens is 375 g/mol. The highest BCUT2D eigenvalue weighted by Crippen LogP contribution is 2.29. The molecular formula is C16H17F5N4S. The molecule has 0 saturated heterocycles. The monoisotopic (exact) mass is 392 g/mol. The molecule has 0 spiro atoms. The van der Waals surface area contributed by atoms with Crippen molar-refractivity contribution in [1.82, 2.24) is 15.6 Å². The van der Waals surface area contributed by atoms with E-state index >= 15 is 0 Å². The highest BCUT2D eigenvalue weighted by Gasteiger charge is 2.33. The Balaban J connectivity index is 1.76. The standard InChI is InChI=1S/C16H17F5N4S/c1-22-15(23-7-5-10-3-2-4-11(17)14(10)18)24-8-6-13-25-12(9-26-13)16(19,20)21/h2-4,9H,5-8H2,1H3,(H2,22,23,24). The normalized spacial score (nSPS) is 12.3. The fourth-order valence-electron chi connectivity index (χ4n) is 2.12. The number of aliphatic imine (C=N–C) groups is 1. The van der Waals surface area contributed by atoms with Crippen LogP contribution in [0.2, 0.25) is 0 Å². The maximum Gasteiger partial charge on any atom is 0.434 e. The number of nitrogens with zero attached hydrogens (tertiary/aromatic N) is 2. The van der Waals surface area contributed by atoms with Gasteiger partial charge < -0.3 is 10.6 Å². The molecule has 0 bridgehead atoms. The van der Waals surface area contributed by atoms with Gasteiger partial charge in [-0.25, -0.2) is 13.8 Å². The maximum atomic E-state index is 13.5. The summed E-state index contributed by atoms with van der Waals surface area (Å²) in [5, 5.41) is 7.21. The molecule has 0 aliphatic heterocycles. The molecule has 0 radical (unpaired) electrons. The predicted molar refractivity (Wildman–Crippen MR) is 90.2 cm³/mol. The van der Waals surface area contributed by atoms with Crippen molar-refractivity contribution in [3.63, 3.8) is 0 Å². The van der Waals surface area contributed by atoms with E-state index < -0.39 is 23.5 Å². The van der Waals surface area contributed by atoms with Crippen molar-refractivity contribution in [1.29, 1.82) is 0 Å². The number of aromatic nitrogens is 1. The Morgan fingerprint density at radius 2 is 1.85 bits per heavy atom. The average molecular weight is 392 g/mol. The number of benzene rings is 1. The Labute approximate surface area is 151 Å². The van der Waals surface area contributed by atoms with E-state index in [1.54, 1.807) is 0 Å². The third-order valence-electron chi connectivity index (χ3n) is 3.42. The largest absolute Gasteiger partial charge is 0.434 e. The van der Waals surface area contributed by atoms with Gasteiger partial charge in [0.25, 0.3) is 0 Å². The molecule has 1 aromatic heterocycles. The lowest BCUT2D eigenvalue weighted by molar-refractivity contribution is -0.140. The van der Waals surface area contributed by atoms with Gasteiger partial charge in [0.05, 0.1) is 5.01 Å². The number of guanidine groups is 1. The van der Waals surface area contributed by atoms with Crippen LogP contribution in [0.3, 0.4) is 0 Å². The molecule has 142 valence electrons. The Kier molecular flexibility index (Phi) is 6.90. The molecule has 0 aliphatic carbocycles. The van der Waals surface area contributed by atoms with Crippen LogP contribution in [-0.2, 0) is 19.0 Å². The van der Waals surface area contributed by atoms with E-state index in [9.17, 15) is 22.0 Å². The molecule has 26 heavy (non-hydrogen) atoms. The van der Waals surface area contributed by atoms with Gasteiger partial charge in [-0.1, -0.05) is 12.1 Å². The minimum absolute atomic E-state index is 0.246. The quantitative estimate of drug-likeness (QED) is 0.450. The summed E-state index contributed by atoms with van der Waals surface area (Å²) in [5.74, 6) is -1.36. The van der Waals surface area contributed by atoms with E-state index in [1.165, 1.54) is 19.2 Å². The number of halogens is 5. The summed E-state index contributed by atoms with van der Waals surface area (Å²) in [6.45, 7) is 0.647. The smallest absolute Gasteiger partial charge is 0.356 e. The summed E-state index contributed by atoms with van der Waals surface area (Å²) in [7, 11) is 1.53. The lowest BCUT2D eigenvalue weighted by Gasteiger charge is -2.11. The van der Waals surface area contributed by atoms with Gasteiger partial charge in [-0.15, -0.1) is 11.3 Å². The Morgan fingerprint density at radius 3 is 2.46 bits per heavy atom. The van der Waals surface area contributed by atoms with E-state index in [2.05, 4.69) is 20.6 Å². The first kappa shape index (κ1) is 20.1. The van der Waals surface area contributed by atoms with Crippen molar-refractivity contribution < 1.29 is 22.0 Å².